The van der Waals surface area contributed by atoms with E-state index in [4.69, 9.17) is 5.73 Å². The SMILES string of the molecule is Nc1ncccc1CC(=O)C1CC2CCC1C2. The summed E-state index contributed by atoms with van der Waals surface area (Å²) in [4.78, 5) is 16.3. The number of nitrogens with two attached hydrogens (primary N) is 1. The monoisotopic (exact) mass is 230 g/mol. The second kappa shape index (κ2) is 4.13. The predicted octanol–water partition coefficient (Wildman–Crippen LogP) is 2.21. The maximum atomic E-state index is 12.3. The van der Waals surface area contributed by atoms with Crippen LogP contribution < -0.4 is 5.73 Å². The fraction of sp³-hybridized carbons (Fsp3) is 0.571. The molecule has 0 saturated heterocycles. The number of Topliss-reactive ketones (excluding diaryl/α,β-unsaturated/α-hetero) is 1. The van der Waals surface area contributed by atoms with Crippen LogP contribution in [0.4, 0.5) is 5.82 Å². The molecule has 3 rings (SSSR count). The third-order valence-corrected chi connectivity index (χ3v) is 4.44. The van der Waals surface area contributed by atoms with E-state index in [9.17, 15) is 4.79 Å². The molecule has 0 spiro atoms. The van der Waals surface area contributed by atoms with Gasteiger partial charge in [0.15, 0.2) is 0 Å². The van der Waals surface area contributed by atoms with Crippen molar-refractivity contribution in [3.8, 4) is 0 Å². The lowest BCUT2D eigenvalue weighted by molar-refractivity contribution is -0.123. The van der Waals surface area contributed by atoms with Crippen LogP contribution in [0.1, 0.15) is 31.2 Å². The third kappa shape index (κ3) is 1.94. The Labute approximate surface area is 101 Å². The molecule has 2 bridgehead atoms. The first-order valence-electron chi connectivity index (χ1n) is 6.46. The minimum atomic E-state index is 0.299. The number of carbonyl (C=O) groups excluding carboxylic acids is 1. The van der Waals surface area contributed by atoms with Crippen LogP contribution in [-0.4, -0.2) is 10.8 Å². The fourth-order valence-electron chi connectivity index (χ4n) is 3.56. The highest BCUT2D eigenvalue weighted by Crippen LogP contribution is 2.48. The van der Waals surface area contributed by atoms with Crippen molar-refractivity contribution in [2.24, 2.45) is 17.8 Å². The van der Waals surface area contributed by atoms with Gasteiger partial charge in [0.2, 0.25) is 0 Å². The van der Waals surface area contributed by atoms with Gasteiger partial charge in [0.1, 0.15) is 11.6 Å². The topological polar surface area (TPSA) is 56.0 Å². The van der Waals surface area contributed by atoms with Gasteiger partial charge >= 0.3 is 0 Å². The van der Waals surface area contributed by atoms with Gasteiger partial charge in [-0.2, -0.15) is 0 Å². The summed E-state index contributed by atoms with van der Waals surface area (Å²) in [6.07, 6.45) is 7.12. The van der Waals surface area contributed by atoms with Gasteiger partial charge in [-0.25, -0.2) is 4.98 Å². The van der Waals surface area contributed by atoms with Crippen molar-refractivity contribution in [3.63, 3.8) is 0 Å². The summed E-state index contributed by atoms with van der Waals surface area (Å²) in [6.45, 7) is 0. The van der Waals surface area contributed by atoms with Crippen molar-refractivity contribution in [2.75, 3.05) is 5.73 Å². The van der Waals surface area contributed by atoms with E-state index < -0.39 is 0 Å². The molecule has 2 aliphatic carbocycles. The summed E-state index contributed by atoms with van der Waals surface area (Å²) >= 11 is 0. The van der Waals surface area contributed by atoms with Gasteiger partial charge in [0, 0.05) is 24.1 Å². The fourth-order valence-corrected chi connectivity index (χ4v) is 3.56. The van der Waals surface area contributed by atoms with E-state index in [-0.39, 0.29) is 0 Å². The molecule has 17 heavy (non-hydrogen) atoms. The van der Waals surface area contributed by atoms with Crippen LogP contribution >= 0.6 is 0 Å². The molecule has 3 unspecified atom stereocenters. The number of anilines is 1. The summed E-state index contributed by atoms with van der Waals surface area (Å²) in [7, 11) is 0. The van der Waals surface area contributed by atoms with Gasteiger partial charge in [-0.15, -0.1) is 0 Å². The number of nitrogen functional groups attached to an aromatic ring is 1. The number of nitrogens with zero attached hydrogens (tertiary/aromatic N) is 1. The van der Waals surface area contributed by atoms with E-state index in [0.717, 1.165) is 17.9 Å². The first kappa shape index (κ1) is 10.8. The van der Waals surface area contributed by atoms with E-state index in [1.165, 1.54) is 19.3 Å². The Kier molecular flexibility index (Phi) is 2.61. The zero-order valence-electron chi connectivity index (χ0n) is 9.93. The summed E-state index contributed by atoms with van der Waals surface area (Å²) in [5.41, 5.74) is 6.67. The molecule has 1 heterocycles. The van der Waals surface area contributed by atoms with Crippen molar-refractivity contribution in [3.05, 3.63) is 23.9 Å². The number of pyridine rings is 1. The van der Waals surface area contributed by atoms with Crippen LogP contribution in [0.15, 0.2) is 18.3 Å². The van der Waals surface area contributed by atoms with Gasteiger partial charge in [-0.1, -0.05) is 12.5 Å². The number of aromatic nitrogens is 1. The molecule has 2 aliphatic rings. The molecule has 2 fully saturated rings. The molecule has 0 aliphatic heterocycles. The largest absolute Gasteiger partial charge is 0.383 e. The van der Waals surface area contributed by atoms with Crippen molar-refractivity contribution < 1.29 is 4.79 Å². The molecule has 0 aromatic carbocycles. The predicted molar refractivity (Wildman–Crippen MR) is 66.3 cm³/mol. The highest BCUT2D eigenvalue weighted by atomic mass is 16.1. The zero-order valence-corrected chi connectivity index (χ0v) is 9.93. The average Bonchev–Trinajstić information content (AvgIpc) is 2.94. The third-order valence-electron chi connectivity index (χ3n) is 4.44. The van der Waals surface area contributed by atoms with E-state index in [1.54, 1.807) is 6.20 Å². The molecular formula is C14H18N2O. The molecule has 3 atom stereocenters. The maximum absolute atomic E-state index is 12.3. The number of ketones is 1. The van der Waals surface area contributed by atoms with Crippen LogP contribution in [0.5, 0.6) is 0 Å². The number of hydrogen-bond donors (Lipinski definition) is 1. The minimum Gasteiger partial charge on any atom is -0.383 e. The lowest BCUT2D eigenvalue weighted by Gasteiger charge is -2.20. The van der Waals surface area contributed by atoms with E-state index in [2.05, 4.69) is 4.98 Å². The number of hydrogen-bond acceptors (Lipinski definition) is 3. The Morgan fingerprint density at radius 2 is 2.29 bits per heavy atom. The Balaban J connectivity index is 1.70. The van der Waals surface area contributed by atoms with Crippen LogP contribution in [0, 0.1) is 17.8 Å². The standard InChI is InChI=1S/C14H18N2O/c15-14-11(2-1-5-16-14)8-13(17)12-7-9-3-4-10(12)6-9/h1-2,5,9-10,12H,3-4,6-8H2,(H2,15,16). The second-order valence-corrected chi connectivity index (χ2v) is 5.47. The highest BCUT2D eigenvalue weighted by molar-refractivity contribution is 5.84. The molecule has 3 nitrogen and oxygen atoms in total. The molecule has 0 radical (unpaired) electrons. The summed E-state index contributed by atoms with van der Waals surface area (Å²) < 4.78 is 0. The van der Waals surface area contributed by atoms with Crippen LogP contribution in [0.3, 0.4) is 0 Å². The molecule has 1 aromatic rings. The van der Waals surface area contributed by atoms with Crippen LogP contribution in [-0.2, 0) is 11.2 Å². The van der Waals surface area contributed by atoms with Gasteiger partial charge in [0.05, 0.1) is 0 Å². The second-order valence-electron chi connectivity index (χ2n) is 5.47. The van der Waals surface area contributed by atoms with E-state index in [0.29, 0.717) is 29.9 Å². The van der Waals surface area contributed by atoms with Gasteiger partial charge in [0.25, 0.3) is 0 Å². The van der Waals surface area contributed by atoms with Crippen molar-refractivity contribution in [1.82, 2.24) is 4.98 Å². The summed E-state index contributed by atoms with van der Waals surface area (Å²) in [5, 5.41) is 0. The Hall–Kier alpha value is -1.38. The van der Waals surface area contributed by atoms with E-state index in [1.807, 2.05) is 12.1 Å². The molecule has 2 saturated carbocycles. The van der Waals surface area contributed by atoms with Crippen molar-refractivity contribution in [1.29, 1.82) is 0 Å². The van der Waals surface area contributed by atoms with Crippen molar-refractivity contribution >= 4 is 11.6 Å². The molecule has 0 amide bonds. The lowest BCUT2D eigenvalue weighted by atomic mass is 9.84. The molecule has 2 N–H and O–H groups in total. The van der Waals surface area contributed by atoms with Crippen molar-refractivity contribution in [2.45, 2.75) is 32.1 Å². The lowest BCUT2D eigenvalue weighted by Crippen LogP contribution is -2.23. The summed E-state index contributed by atoms with van der Waals surface area (Å²) in [6, 6.07) is 3.76. The zero-order chi connectivity index (χ0) is 11.8. The normalized spacial score (nSPS) is 30.7. The number of rotatable bonds is 3. The van der Waals surface area contributed by atoms with Crippen LogP contribution in [0.25, 0.3) is 0 Å². The summed E-state index contributed by atoms with van der Waals surface area (Å²) in [5.74, 6) is 2.65. The average molecular weight is 230 g/mol. The van der Waals surface area contributed by atoms with Gasteiger partial charge in [-0.05, 0) is 37.2 Å². The Morgan fingerprint density at radius 1 is 1.41 bits per heavy atom. The quantitative estimate of drug-likeness (QED) is 0.866. The van der Waals surface area contributed by atoms with Gasteiger partial charge < -0.3 is 5.73 Å². The molecule has 90 valence electrons. The number of fused-ring (bicyclic) bond motifs is 2. The number of carbonyl (C=O) groups is 1. The molecular weight excluding hydrogens is 212 g/mol. The Bertz CT molecular complexity index is 444. The van der Waals surface area contributed by atoms with E-state index >= 15 is 0 Å². The first-order chi connectivity index (χ1) is 8.24. The van der Waals surface area contributed by atoms with Gasteiger partial charge in [-0.3, -0.25) is 4.79 Å². The molecule has 1 aromatic heterocycles. The first-order valence-corrected chi connectivity index (χ1v) is 6.46. The Morgan fingerprint density at radius 3 is 2.94 bits per heavy atom. The molecule has 3 heteroatoms. The smallest absolute Gasteiger partial charge is 0.140 e. The minimum absolute atomic E-state index is 0.299. The highest BCUT2D eigenvalue weighted by Gasteiger charge is 2.42. The van der Waals surface area contributed by atoms with Crippen LogP contribution in [0.2, 0.25) is 0 Å². The maximum Gasteiger partial charge on any atom is 0.140 e.